The topological polar surface area (TPSA) is 38.1 Å². The molecule has 0 aliphatic heterocycles. The van der Waals surface area contributed by atoms with E-state index in [1.165, 1.54) is 31.4 Å². The molecule has 1 heterocycles. The summed E-state index contributed by atoms with van der Waals surface area (Å²) in [7, 11) is 3.62. The van der Waals surface area contributed by atoms with Crippen molar-refractivity contribution in [2.45, 2.75) is 57.7 Å². The van der Waals surface area contributed by atoms with Crippen LogP contribution < -0.4 is 0 Å². The van der Waals surface area contributed by atoms with E-state index in [0.717, 1.165) is 28.6 Å². The molecule has 0 unspecified atom stereocenters. The van der Waals surface area contributed by atoms with Crippen LogP contribution in [0, 0.1) is 31.6 Å². The molecular formula is C18H29N3OS. The lowest BCUT2D eigenvalue weighted by Crippen LogP contribution is -2.25. The van der Waals surface area contributed by atoms with Gasteiger partial charge >= 0.3 is 0 Å². The number of carbonyl (C=O) groups is 1. The zero-order valence-corrected chi connectivity index (χ0v) is 15.8. The van der Waals surface area contributed by atoms with Crippen molar-refractivity contribution < 1.29 is 4.79 Å². The molecule has 2 saturated carbocycles. The number of imidazole rings is 1. The summed E-state index contributed by atoms with van der Waals surface area (Å²) in [5.74, 6) is 3.26. The van der Waals surface area contributed by atoms with Gasteiger partial charge < -0.3 is 9.47 Å². The highest BCUT2D eigenvalue weighted by Crippen LogP contribution is 2.52. The van der Waals surface area contributed by atoms with Crippen LogP contribution >= 0.6 is 11.8 Å². The van der Waals surface area contributed by atoms with Crippen LogP contribution in [-0.4, -0.2) is 40.2 Å². The maximum atomic E-state index is 11.9. The summed E-state index contributed by atoms with van der Waals surface area (Å²) in [6.45, 7) is 6.61. The van der Waals surface area contributed by atoms with Crippen molar-refractivity contribution in [2.24, 2.45) is 17.8 Å². The first-order valence-corrected chi connectivity index (χ1v) is 9.75. The van der Waals surface area contributed by atoms with Gasteiger partial charge in [-0.15, -0.1) is 0 Å². The second kappa shape index (κ2) is 6.50. The molecule has 23 heavy (non-hydrogen) atoms. The van der Waals surface area contributed by atoms with E-state index < -0.39 is 0 Å². The second-order valence-corrected chi connectivity index (χ2v) is 8.53. The normalized spacial score (nSPS) is 27.4. The molecule has 0 radical (unpaired) electrons. The zero-order chi connectivity index (χ0) is 16.7. The molecule has 2 bridgehead atoms. The molecule has 2 aliphatic carbocycles. The summed E-state index contributed by atoms with van der Waals surface area (Å²) >= 11 is 1.59. The standard InChI is InChI=1S/C18H29N3OS/c1-11-12(2)21(18(19-11)23-10-17(22)20(4)5)13(3)16-9-14-6-7-15(16)8-14/h13-16H,6-10H2,1-5H3/t13-,14+,15+,16-/m1/s1. The van der Waals surface area contributed by atoms with E-state index >= 15 is 0 Å². The summed E-state index contributed by atoms with van der Waals surface area (Å²) in [4.78, 5) is 18.3. The summed E-state index contributed by atoms with van der Waals surface area (Å²) < 4.78 is 2.41. The Morgan fingerprint density at radius 2 is 2.09 bits per heavy atom. The van der Waals surface area contributed by atoms with Crippen LogP contribution in [0.5, 0.6) is 0 Å². The lowest BCUT2D eigenvalue weighted by Gasteiger charge is -2.30. The fraction of sp³-hybridized carbons (Fsp3) is 0.778. The zero-order valence-electron chi connectivity index (χ0n) is 15.0. The summed E-state index contributed by atoms with van der Waals surface area (Å²) in [5.41, 5.74) is 2.36. The number of hydrogen-bond acceptors (Lipinski definition) is 3. The lowest BCUT2D eigenvalue weighted by atomic mass is 9.84. The third-order valence-corrected chi connectivity index (χ3v) is 6.94. The molecule has 2 aliphatic rings. The number of fused-ring (bicyclic) bond motifs is 2. The van der Waals surface area contributed by atoms with Crippen molar-refractivity contribution in [1.29, 1.82) is 0 Å². The van der Waals surface area contributed by atoms with Gasteiger partial charge in [-0.25, -0.2) is 4.98 Å². The maximum absolute atomic E-state index is 11.9. The largest absolute Gasteiger partial charge is 0.348 e. The highest BCUT2D eigenvalue weighted by molar-refractivity contribution is 7.99. The quantitative estimate of drug-likeness (QED) is 0.771. The molecule has 3 rings (SSSR count). The van der Waals surface area contributed by atoms with Crippen molar-refractivity contribution in [1.82, 2.24) is 14.5 Å². The third-order valence-electron chi connectivity index (χ3n) is 6.00. The molecule has 1 amide bonds. The van der Waals surface area contributed by atoms with Crippen LogP contribution in [0.1, 0.15) is 50.0 Å². The van der Waals surface area contributed by atoms with Gasteiger partial charge in [0.2, 0.25) is 5.91 Å². The Labute approximate surface area is 144 Å². The molecule has 4 atom stereocenters. The SMILES string of the molecule is Cc1nc(SCC(=O)N(C)C)n([C@H](C)[C@H]2C[C@H]3CC[C@H]2C3)c1C. The van der Waals surface area contributed by atoms with Gasteiger partial charge in [0.05, 0.1) is 11.4 Å². The first-order chi connectivity index (χ1) is 10.9. The van der Waals surface area contributed by atoms with E-state index in [-0.39, 0.29) is 5.91 Å². The van der Waals surface area contributed by atoms with Gasteiger partial charge in [0, 0.05) is 25.8 Å². The van der Waals surface area contributed by atoms with Gasteiger partial charge in [-0.05, 0) is 57.8 Å². The van der Waals surface area contributed by atoms with E-state index in [0.29, 0.717) is 11.8 Å². The van der Waals surface area contributed by atoms with Crippen LogP contribution in [0.4, 0.5) is 0 Å². The Morgan fingerprint density at radius 3 is 2.65 bits per heavy atom. The van der Waals surface area contributed by atoms with E-state index in [4.69, 9.17) is 4.98 Å². The lowest BCUT2D eigenvalue weighted by molar-refractivity contribution is -0.125. The first kappa shape index (κ1) is 16.9. The second-order valence-electron chi connectivity index (χ2n) is 7.59. The minimum atomic E-state index is 0.146. The van der Waals surface area contributed by atoms with Crippen LogP contribution in [0.25, 0.3) is 0 Å². The Balaban J connectivity index is 1.79. The molecule has 0 aromatic carbocycles. The Kier molecular flexibility index (Phi) is 4.77. The van der Waals surface area contributed by atoms with Crippen molar-refractivity contribution in [3.63, 3.8) is 0 Å². The van der Waals surface area contributed by atoms with Gasteiger partial charge in [0.1, 0.15) is 0 Å². The van der Waals surface area contributed by atoms with Crippen LogP contribution in [-0.2, 0) is 4.79 Å². The number of aromatic nitrogens is 2. The molecular weight excluding hydrogens is 306 g/mol. The molecule has 0 saturated heterocycles. The molecule has 0 spiro atoms. The van der Waals surface area contributed by atoms with E-state index in [1.54, 1.807) is 16.7 Å². The smallest absolute Gasteiger partial charge is 0.232 e. The van der Waals surface area contributed by atoms with Crippen molar-refractivity contribution in [3.05, 3.63) is 11.4 Å². The third kappa shape index (κ3) is 3.17. The fourth-order valence-electron chi connectivity index (χ4n) is 4.51. The number of amides is 1. The highest BCUT2D eigenvalue weighted by atomic mass is 32.2. The van der Waals surface area contributed by atoms with Crippen LogP contribution in [0.3, 0.4) is 0 Å². The van der Waals surface area contributed by atoms with Crippen molar-refractivity contribution in [3.8, 4) is 0 Å². The van der Waals surface area contributed by atoms with E-state index in [9.17, 15) is 4.79 Å². The van der Waals surface area contributed by atoms with Gasteiger partial charge in [-0.2, -0.15) is 0 Å². The number of thioether (sulfide) groups is 1. The molecule has 0 N–H and O–H groups in total. The first-order valence-electron chi connectivity index (χ1n) is 8.76. The maximum Gasteiger partial charge on any atom is 0.232 e. The molecule has 5 heteroatoms. The number of rotatable bonds is 5. The van der Waals surface area contributed by atoms with Crippen LogP contribution in [0.2, 0.25) is 0 Å². The molecule has 128 valence electrons. The molecule has 1 aromatic heterocycles. The van der Waals surface area contributed by atoms with Crippen molar-refractivity contribution in [2.75, 3.05) is 19.8 Å². The Bertz CT molecular complexity index is 595. The monoisotopic (exact) mass is 335 g/mol. The Hall–Kier alpha value is -0.970. The minimum Gasteiger partial charge on any atom is -0.348 e. The minimum absolute atomic E-state index is 0.146. The van der Waals surface area contributed by atoms with Crippen molar-refractivity contribution >= 4 is 17.7 Å². The van der Waals surface area contributed by atoms with E-state index in [1.807, 2.05) is 14.1 Å². The predicted molar refractivity (Wildman–Crippen MR) is 94.8 cm³/mol. The molecule has 1 aromatic rings. The predicted octanol–water partition coefficient (Wildman–Crippen LogP) is 3.68. The highest BCUT2D eigenvalue weighted by Gasteiger charge is 2.43. The summed E-state index contributed by atoms with van der Waals surface area (Å²) in [6, 6.07) is 0.489. The number of hydrogen-bond donors (Lipinski definition) is 0. The average molecular weight is 336 g/mol. The van der Waals surface area contributed by atoms with Gasteiger partial charge in [0.15, 0.2) is 5.16 Å². The van der Waals surface area contributed by atoms with Crippen LogP contribution in [0.15, 0.2) is 5.16 Å². The number of aryl methyl sites for hydroxylation is 1. The van der Waals surface area contributed by atoms with Gasteiger partial charge in [0.25, 0.3) is 0 Å². The van der Waals surface area contributed by atoms with Gasteiger partial charge in [-0.1, -0.05) is 18.2 Å². The Morgan fingerprint density at radius 1 is 1.35 bits per heavy atom. The molecule has 2 fully saturated rings. The van der Waals surface area contributed by atoms with Gasteiger partial charge in [-0.3, -0.25) is 4.79 Å². The number of nitrogens with zero attached hydrogens (tertiary/aromatic N) is 3. The fourth-order valence-corrected chi connectivity index (χ4v) is 5.66. The number of carbonyl (C=O) groups excluding carboxylic acids is 1. The molecule has 4 nitrogen and oxygen atoms in total. The van der Waals surface area contributed by atoms with E-state index in [2.05, 4.69) is 25.3 Å². The summed E-state index contributed by atoms with van der Waals surface area (Å²) in [5, 5.41) is 1.02. The average Bonchev–Trinajstić information content (AvgIpc) is 3.20. The summed E-state index contributed by atoms with van der Waals surface area (Å²) in [6.07, 6.45) is 5.66.